The topological polar surface area (TPSA) is 163 Å². The molecule has 11 nitrogen and oxygen atoms in total. The molecule has 0 saturated carbocycles. The maximum absolute atomic E-state index is 14.1. The number of phenolic OH excluding ortho intramolecular Hbond substituents is 1. The molecule has 46 heavy (non-hydrogen) atoms. The Morgan fingerprint density at radius 2 is 1.65 bits per heavy atom. The summed E-state index contributed by atoms with van der Waals surface area (Å²) in [6.45, 7) is 9.77. The second-order valence-electron chi connectivity index (χ2n) is 11.9. The van der Waals surface area contributed by atoms with Crippen molar-refractivity contribution in [1.29, 1.82) is 0 Å². The standard InChI is InChI=1S/C33H41N3O8S2/c1-6-8-18-33(19-9-7-2,31(39)44-32(3,4)5)46(42,43)27-13-11-26(12-14-27)36-20-16-25(17-21-36)34-23-30(38)24-10-15-29(37)28(22-24)35-45(40)41/h10-15,22,25,30,34,37-38H,16-21,23H2,1-5H3/t30-/m0/s1. The zero-order valence-electron chi connectivity index (χ0n) is 26.7. The number of esters is 1. The number of piperidine rings is 1. The Hall–Kier alpha value is -3.88. The van der Waals surface area contributed by atoms with Gasteiger partial charge in [-0.15, -0.1) is 28.0 Å². The number of aromatic hydroxyl groups is 1. The number of rotatable bonds is 11. The van der Waals surface area contributed by atoms with Gasteiger partial charge in [-0.25, -0.2) is 8.42 Å². The summed E-state index contributed by atoms with van der Waals surface area (Å²) in [4.78, 5) is 15.6. The number of carbonyl (C=O) groups excluding carboxylic acids is 1. The molecule has 0 amide bonds. The van der Waals surface area contributed by atoms with E-state index in [9.17, 15) is 31.8 Å². The summed E-state index contributed by atoms with van der Waals surface area (Å²) in [5.74, 6) is 9.78. The van der Waals surface area contributed by atoms with Gasteiger partial charge in [-0.1, -0.05) is 6.07 Å². The third-order valence-electron chi connectivity index (χ3n) is 7.55. The second kappa shape index (κ2) is 15.6. The molecule has 13 heteroatoms. The van der Waals surface area contributed by atoms with Crippen molar-refractivity contribution in [2.24, 2.45) is 4.36 Å². The molecule has 2 aromatic carbocycles. The minimum absolute atomic E-state index is 0.0184. The zero-order valence-corrected chi connectivity index (χ0v) is 28.3. The van der Waals surface area contributed by atoms with Crippen LogP contribution in [-0.2, 0) is 29.9 Å². The van der Waals surface area contributed by atoms with Gasteiger partial charge in [0.15, 0.2) is 14.6 Å². The number of benzene rings is 2. The molecule has 3 N–H and O–H groups in total. The molecule has 0 spiro atoms. The van der Waals surface area contributed by atoms with E-state index in [1.54, 1.807) is 46.8 Å². The Morgan fingerprint density at radius 3 is 2.17 bits per heavy atom. The summed E-state index contributed by atoms with van der Waals surface area (Å²) in [5.41, 5.74) is 0.197. The van der Waals surface area contributed by atoms with Gasteiger partial charge in [-0.3, -0.25) is 4.79 Å². The SMILES string of the molecule is CC#CCC(CC#CC)(C(=O)OC(C)(C)C)S(=O)(=O)c1ccc(N2CCC(NC[C@H](O)c3ccc(O)c(N=S(=O)=O)c3)CC2)cc1. The molecule has 0 radical (unpaired) electrons. The number of nitrogens with one attached hydrogen (secondary N) is 1. The first kappa shape index (κ1) is 36.6. The lowest BCUT2D eigenvalue weighted by Gasteiger charge is -2.35. The third kappa shape index (κ3) is 9.10. The van der Waals surface area contributed by atoms with E-state index in [4.69, 9.17) is 4.74 Å². The van der Waals surface area contributed by atoms with Crippen LogP contribution in [-0.4, -0.2) is 69.0 Å². The van der Waals surface area contributed by atoms with Crippen LogP contribution in [0.15, 0.2) is 51.7 Å². The molecule has 3 rings (SSSR count). The van der Waals surface area contributed by atoms with Crippen LogP contribution >= 0.6 is 0 Å². The van der Waals surface area contributed by atoms with Gasteiger partial charge in [0.2, 0.25) is 0 Å². The molecule has 1 fully saturated rings. The van der Waals surface area contributed by atoms with Gasteiger partial charge in [0.05, 0.1) is 11.0 Å². The highest BCUT2D eigenvalue weighted by atomic mass is 32.2. The van der Waals surface area contributed by atoms with Crippen molar-refractivity contribution >= 4 is 37.7 Å². The van der Waals surface area contributed by atoms with E-state index < -0.39 is 42.8 Å². The van der Waals surface area contributed by atoms with Crippen molar-refractivity contribution in [3.8, 4) is 29.4 Å². The predicted octanol–water partition coefficient (Wildman–Crippen LogP) is 4.06. The number of phenols is 1. The summed E-state index contributed by atoms with van der Waals surface area (Å²) in [7, 11) is -7.01. The second-order valence-corrected chi connectivity index (χ2v) is 14.8. The Labute approximate surface area is 273 Å². The Balaban J connectivity index is 1.71. The number of nitrogens with zero attached hydrogens (tertiary/aromatic N) is 2. The van der Waals surface area contributed by atoms with E-state index in [0.717, 1.165) is 18.5 Å². The highest BCUT2D eigenvalue weighted by Crippen LogP contribution is 2.36. The number of hydrogen-bond acceptors (Lipinski definition) is 11. The number of aliphatic hydroxyl groups excluding tert-OH is 1. The Kier molecular flexibility index (Phi) is 12.4. The molecule has 0 bridgehead atoms. The molecule has 2 aromatic rings. The average molecular weight is 672 g/mol. The van der Waals surface area contributed by atoms with Crippen LogP contribution in [0.1, 0.15) is 72.0 Å². The van der Waals surface area contributed by atoms with Crippen LogP contribution in [0.25, 0.3) is 0 Å². The lowest BCUT2D eigenvalue weighted by atomic mass is 10.00. The number of anilines is 1. The van der Waals surface area contributed by atoms with E-state index in [1.165, 1.54) is 30.3 Å². The van der Waals surface area contributed by atoms with Crippen LogP contribution in [0, 0.1) is 23.7 Å². The lowest BCUT2D eigenvalue weighted by Crippen LogP contribution is -2.49. The molecule has 1 atom stereocenters. The summed E-state index contributed by atoms with van der Waals surface area (Å²) in [6.07, 6.45) is 0.0608. The van der Waals surface area contributed by atoms with Gasteiger partial charge >= 0.3 is 16.5 Å². The smallest absolute Gasteiger partial charge is 0.330 e. The van der Waals surface area contributed by atoms with Crippen molar-refractivity contribution in [2.75, 3.05) is 24.5 Å². The maximum atomic E-state index is 14.1. The van der Waals surface area contributed by atoms with Crippen molar-refractivity contribution < 1.29 is 36.6 Å². The molecule has 1 saturated heterocycles. The van der Waals surface area contributed by atoms with Crippen LogP contribution in [0.4, 0.5) is 11.4 Å². The first-order valence-corrected chi connectivity index (χ1v) is 17.3. The Morgan fingerprint density at radius 1 is 1.07 bits per heavy atom. The van der Waals surface area contributed by atoms with Gasteiger partial charge in [-0.05, 0) is 89.4 Å². The van der Waals surface area contributed by atoms with Crippen LogP contribution in [0.5, 0.6) is 5.75 Å². The van der Waals surface area contributed by atoms with Crippen LogP contribution < -0.4 is 10.2 Å². The molecule has 1 aliphatic rings. The molecule has 0 aliphatic carbocycles. The number of hydrogen-bond donors (Lipinski definition) is 3. The molecule has 1 aliphatic heterocycles. The van der Waals surface area contributed by atoms with E-state index in [-0.39, 0.29) is 41.8 Å². The number of carbonyl (C=O) groups is 1. The normalized spacial score (nSPS) is 14.7. The van der Waals surface area contributed by atoms with Crippen molar-refractivity contribution in [2.45, 2.75) is 87.7 Å². The van der Waals surface area contributed by atoms with E-state index in [2.05, 4.69) is 38.3 Å². The quantitative estimate of drug-likeness (QED) is 0.235. The maximum Gasteiger partial charge on any atom is 0.330 e. The van der Waals surface area contributed by atoms with Gasteiger partial charge in [0.25, 0.3) is 0 Å². The van der Waals surface area contributed by atoms with Crippen LogP contribution in [0.2, 0.25) is 0 Å². The lowest BCUT2D eigenvalue weighted by molar-refractivity contribution is -0.157. The first-order valence-electron chi connectivity index (χ1n) is 14.8. The number of aliphatic hydroxyl groups is 1. The van der Waals surface area contributed by atoms with Gasteiger partial charge in [0.1, 0.15) is 17.0 Å². The molecule has 0 unspecified atom stereocenters. The van der Waals surface area contributed by atoms with Crippen molar-refractivity contribution in [3.05, 3.63) is 48.0 Å². The zero-order chi connectivity index (χ0) is 34.1. The van der Waals surface area contributed by atoms with E-state index in [0.29, 0.717) is 18.7 Å². The minimum Gasteiger partial charge on any atom is -0.506 e. The summed E-state index contributed by atoms with van der Waals surface area (Å²) in [6, 6.07) is 10.7. The monoisotopic (exact) mass is 671 g/mol. The highest BCUT2D eigenvalue weighted by molar-refractivity contribution is 7.93. The Bertz CT molecular complexity index is 1740. The molecular weight excluding hydrogens is 631 g/mol. The highest BCUT2D eigenvalue weighted by Gasteiger charge is 2.53. The number of sulfone groups is 1. The van der Waals surface area contributed by atoms with Crippen molar-refractivity contribution in [3.63, 3.8) is 0 Å². The van der Waals surface area contributed by atoms with Crippen LogP contribution in [0.3, 0.4) is 0 Å². The van der Waals surface area contributed by atoms with Gasteiger partial charge < -0.3 is 25.2 Å². The average Bonchev–Trinajstić information content (AvgIpc) is 3.00. The minimum atomic E-state index is -4.27. The molecule has 0 aromatic heterocycles. The summed E-state index contributed by atoms with van der Waals surface area (Å²) in [5, 5.41) is 23.8. The number of ether oxygens (including phenoxy) is 1. The fraction of sp³-hybridized carbons (Fsp3) is 0.485. The van der Waals surface area contributed by atoms with E-state index >= 15 is 0 Å². The predicted molar refractivity (Wildman–Crippen MR) is 176 cm³/mol. The molecular formula is C33H41N3O8S2. The van der Waals surface area contributed by atoms with Gasteiger partial charge in [0, 0.05) is 44.2 Å². The first-order chi connectivity index (χ1) is 21.6. The molecule has 248 valence electrons. The van der Waals surface area contributed by atoms with E-state index in [1.807, 2.05) is 0 Å². The third-order valence-corrected chi connectivity index (χ3v) is 10.3. The fourth-order valence-electron chi connectivity index (χ4n) is 5.04. The van der Waals surface area contributed by atoms with Gasteiger partial charge in [-0.2, -0.15) is 8.42 Å². The molecule has 1 heterocycles. The summed E-state index contributed by atoms with van der Waals surface area (Å²) < 4.78 is 56.9. The largest absolute Gasteiger partial charge is 0.506 e. The summed E-state index contributed by atoms with van der Waals surface area (Å²) >= 11 is 0. The van der Waals surface area contributed by atoms with Crippen molar-refractivity contribution in [1.82, 2.24) is 5.32 Å². The fourth-order valence-corrected chi connectivity index (χ4v) is 7.08.